The molecule has 0 heterocycles. The maximum Gasteiger partial charge on any atom is 0.294 e. The minimum Gasteiger partial charge on any atom is -0.489 e. The summed E-state index contributed by atoms with van der Waals surface area (Å²) in [5, 5.41) is 35.0. The highest BCUT2D eigenvalue weighted by Gasteiger charge is 2.29. The van der Waals surface area contributed by atoms with Crippen LogP contribution in [0.15, 0.2) is 24.3 Å². The highest BCUT2D eigenvalue weighted by molar-refractivity contribution is 5.78. The van der Waals surface area contributed by atoms with Crippen molar-refractivity contribution >= 4 is 5.91 Å². The Morgan fingerprint density at radius 3 is 2.68 bits per heavy atom. The molecule has 1 aliphatic carbocycles. The summed E-state index contributed by atoms with van der Waals surface area (Å²) in [7, 11) is 0. The molecule has 1 amide bonds. The number of carbonyl (C=O) groups is 1. The first-order valence-electron chi connectivity index (χ1n) is 10.3. The van der Waals surface area contributed by atoms with Crippen molar-refractivity contribution in [1.29, 1.82) is 5.26 Å². The summed E-state index contributed by atoms with van der Waals surface area (Å²) in [4.78, 5) is 27.4. The molecule has 31 heavy (non-hydrogen) atoms. The lowest BCUT2D eigenvalue weighted by molar-refractivity contribution is -0.769. The van der Waals surface area contributed by atoms with E-state index in [9.17, 15) is 20.0 Å². The lowest BCUT2D eigenvalue weighted by atomic mass is 9.86. The molecule has 0 bridgehead atoms. The molecule has 1 unspecified atom stereocenters. The Labute approximate surface area is 181 Å². The minimum atomic E-state index is -0.793. The average Bonchev–Trinajstić information content (AvgIpc) is 2.75. The second-order valence-corrected chi connectivity index (χ2v) is 8.36. The molecule has 0 spiro atoms. The van der Waals surface area contributed by atoms with Crippen LogP contribution < -0.4 is 15.4 Å². The molecule has 1 fully saturated rings. The second kappa shape index (κ2) is 11.5. The molecule has 2 rings (SSSR count). The summed E-state index contributed by atoms with van der Waals surface area (Å²) in [6.07, 6.45) is 0.861. The molecule has 0 saturated heterocycles. The third-order valence-corrected chi connectivity index (χ3v) is 5.24. The normalized spacial score (nSPS) is 19.7. The van der Waals surface area contributed by atoms with Crippen molar-refractivity contribution < 1.29 is 24.6 Å². The van der Waals surface area contributed by atoms with Crippen molar-refractivity contribution in [3.05, 3.63) is 39.9 Å². The number of nitriles is 1. The Balaban J connectivity index is 1.68. The zero-order valence-corrected chi connectivity index (χ0v) is 17.9. The van der Waals surface area contributed by atoms with E-state index in [2.05, 4.69) is 15.5 Å². The van der Waals surface area contributed by atoms with Crippen molar-refractivity contribution in [1.82, 2.24) is 10.6 Å². The number of aliphatic hydroxyl groups excluding tert-OH is 1. The first kappa shape index (κ1) is 24.4. The van der Waals surface area contributed by atoms with Gasteiger partial charge in [0.2, 0.25) is 5.91 Å². The fraction of sp³-hybridized carbons (Fsp3) is 0.619. The number of β-amino-alcohol motifs (C(OH)–C–C–N with tert-alkyl or cyclic N) is 1. The maximum atomic E-state index is 12.4. The van der Waals surface area contributed by atoms with Gasteiger partial charge >= 0.3 is 0 Å². The van der Waals surface area contributed by atoms with E-state index in [1.165, 1.54) is 0 Å². The van der Waals surface area contributed by atoms with Gasteiger partial charge in [-0.25, -0.2) is 0 Å². The molecular weight excluding hydrogens is 404 g/mol. The molecule has 1 atom stereocenters. The monoisotopic (exact) mass is 434 g/mol. The first-order chi connectivity index (χ1) is 14.7. The van der Waals surface area contributed by atoms with Gasteiger partial charge in [-0.1, -0.05) is 12.1 Å². The van der Waals surface area contributed by atoms with Crippen molar-refractivity contribution in [2.75, 3.05) is 19.7 Å². The highest BCUT2D eigenvalue weighted by atomic mass is 17.0. The van der Waals surface area contributed by atoms with Crippen LogP contribution in [0.25, 0.3) is 0 Å². The third-order valence-electron chi connectivity index (χ3n) is 5.24. The lowest BCUT2D eigenvalue weighted by Gasteiger charge is -2.30. The predicted octanol–water partition coefficient (Wildman–Crippen LogP) is 1.55. The molecule has 170 valence electrons. The number of hydrogen-bond acceptors (Lipinski definition) is 8. The van der Waals surface area contributed by atoms with Crippen LogP contribution in [0.2, 0.25) is 0 Å². The average molecular weight is 434 g/mol. The zero-order chi connectivity index (χ0) is 22.9. The number of nitrogens with zero attached hydrogens (tertiary/aromatic N) is 2. The van der Waals surface area contributed by atoms with Gasteiger partial charge in [0, 0.05) is 24.5 Å². The number of amides is 1. The number of para-hydroxylation sites is 1. The zero-order valence-electron chi connectivity index (χ0n) is 17.9. The predicted molar refractivity (Wildman–Crippen MR) is 112 cm³/mol. The van der Waals surface area contributed by atoms with Gasteiger partial charge < -0.3 is 25.3 Å². The summed E-state index contributed by atoms with van der Waals surface area (Å²) in [6.45, 7) is 4.47. The fourth-order valence-electron chi connectivity index (χ4n) is 3.39. The molecule has 1 saturated carbocycles. The van der Waals surface area contributed by atoms with E-state index in [0.29, 0.717) is 43.5 Å². The largest absolute Gasteiger partial charge is 0.489 e. The molecule has 1 aromatic carbocycles. The van der Waals surface area contributed by atoms with Gasteiger partial charge in [-0.05, 0) is 51.7 Å². The van der Waals surface area contributed by atoms with E-state index in [1.807, 2.05) is 19.9 Å². The Morgan fingerprint density at radius 1 is 1.35 bits per heavy atom. The molecule has 0 radical (unpaired) electrons. The minimum absolute atomic E-state index is 0.0313. The lowest BCUT2D eigenvalue weighted by Crippen LogP contribution is -2.52. The van der Waals surface area contributed by atoms with Gasteiger partial charge in [0.1, 0.15) is 30.6 Å². The SMILES string of the molecule is CC(C)(CNC(=O)C1CCC(O[N+](=O)[O-])CC1)NCC(O)COc1ccccc1C#N. The highest BCUT2D eigenvalue weighted by Crippen LogP contribution is 2.26. The molecule has 0 aliphatic heterocycles. The van der Waals surface area contributed by atoms with Crippen LogP contribution in [0, 0.1) is 27.4 Å². The Morgan fingerprint density at radius 2 is 2.03 bits per heavy atom. The second-order valence-electron chi connectivity index (χ2n) is 8.36. The van der Waals surface area contributed by atoms with Gasteiger partial charge in [0.15, 0.2) is 0 Å². The van der Waals surface area contributed by atoms with Crippen LogP contribution in [0.4, 0.5) is 0 Å². The van der Waals surface area contributed by atoms with Crippen molar-refractivity contribution in [2.45, 2.75) is 57.3 Å². The molecular formula is C21H30N4O6. The van der Waals surface area contributed by atoms with Gasteiger partial charge in [-0.3, -0.25) is 4.79 Å². The maximum absolute atomic E-state index is 12.4. The quantitative estimate of drug-likeness (QED) is 0.351. The summed E-state index contributed by atoms with van der Waals surface area (Å²) in [5.74, 6) is 0.168. The number of hydrogen-bond donors (Lipinski definition) is 3. The number of benzene rings is 1. The van der Waals surface area contributed by atoms with E-state index >= 15 is 0 Å². The van der Waals surface area contributed by atoms with Crippen LogP contribution in [0.3, 0.4) is 0 Å². The molecule has 10 nitrogen and oxygen atoms in total. The molecule has 1 aliphatic rings. The number of nitrogens with one attached hydrogen (secondary N) is 2. The number of aliphatic hydroxyl groups is 1. The molecule has 3 N–H and O–H groups in total. The van der Waals surface area contributed by atoms with Crippen LogP contribution in [-0.2, 0) is 9.63 Å². The standard InChI is InChI=1S/C21H30N4O6/c1-21(2,14-23-20(27)15-7-9-18(10-8-15)31-25(28)29)24-12-17(26)13-30-19-6-4-3-5-16(19)11-22/h3-6,15,17-18,24,26H,7-10,12-14H2,1-2H3,(H,23,27). The summed E-state index contributed by atoms with van der Waals surface area (Å²) in [6, 6.07) is 8.86. The molecule has 10 heteroatoms. The van der Waals surface area contributed by atoms with Gasteiger partial charge in [-0.2, -0.15) is 5.26 Å². The Bertz CT molecular complexity index is 786. The van der Waals surface area contributed by atoms with Gasteiger partial charge in [0.05, 0.1) is 5.56 Å². The van der Waals surface area contributed by atoms with Crippen molar-refractivity contribution in [2.24, 2.45) is 5.92 Å². The van der Waals surface area contributed by atoms with E-state index in [4.69, 9.17) is 10.00 Å². The van der Waals surface area contributed by atoms with Crippen LogP contribution in [0.5, 0.6) is 5.75 Å². The van der Waals surface area contributed by atoms with E-state index in [1.54, 1.807) is 24.3 Å². The van der Waals surface area contributed by atoms with Crippen molar-refractivity contribution in [3.8, 4) is 11.8 Å². The van der Waals surface area contributed by atoms with E-state index in [-0.39, 0.29) is 25.0 Å². The number of rotatable bonds is 11. The first-order valence-corrected chi connectivity index (χ1v) is 10.3. The molecule has 1 aromatic rings. The van der Waals surface area contributed by atoms with Gasteiger partial charge in [0.25, 0.3) is 5.09 Å². The third kappa shape index (κ3) is 8.39. The topological polar surface area (TPSA) is 147 Å². The van der Waals surface area contributed by atoms with E-state index in [0.717, 1.165) is 0 Å². The van der Waals surface area contributed by atoms with Crippen LogP contribution >= 0.6 is 0 Å². The van der Waals surface area contributed by atoms with Crippen LogP contribution in [-0.4, -0.2) is 53.5 Å². The number of ether oxygens (including phenoxy) is 1. The number of carbonyl (C=O) groups excluding carboxylic acids is 1. The molecule has 0 aromatic heterocycles. The summed E-state index contributed by atoms with van der Waals surface area (Å²) in [5.41, 5.74) is -0.0580. The van der Waals surface area contributed by atoms with Gasteiger partial charge in [-0.15, -0.1) is 10.1 Å². The Hall–Kier alpha value is -2.90. The van der Waals surface area contributed by atoms with E-state index < -0.39 is 22.8 Å². The summed E-state index contributed by atoms with van der Waals surface area (Å²) < 4.78 is 5.53. The smallest absolute Gasteiger partial charge is 0.294 e. The Kier molecular flexibility index (Phi) is 9.03. The summed E-state index contributed by atoms with van der Waals surface area (Å²) >= 11 is 0. The van der Waals surface area contributed by atoms with Crippen LogP contribution in [0.1, 0.15) is 45.1 Å². The fourth-order valence-corrected chi connectivity index (χ4v) is 3.39. The van der Waals surface area contributed by atoms with Crippen molar-refractivity contribution in [3.63, 3.8) is 0 Å².